The lowest BCUT2D eigenvalue weighted by molar-refractivity contribution is 0.649. The van der Waals surface area contributed by atoms with Gasteiger partial charge in [0.1, 0.15) is 0 Å². The molecule has 0 aliphatic rings. The van der Waals surface area contributed by atoms with E-state index in [0.717, 1.165) is 19.5 Å². The SMILES string of the molecule is C=CCCNCC(C)S(C)=O. The first-order chi connectivity index (χ1) is 5.18. The van der Waals surface area contributed by atoms with E-state index in [4.69, 9.17) is 0 Å². The fourth-order valence-corrected chi connectivity index (χ4v) is 0.979. The molecule has 0 bridgehead atoms. The highest BCUT2D eigenvalue weighted by molar-refractivity contribution is 7.84. The smallest absolute Gasteiger partial charge is 0.0441 e. The summed E-state index contributed by atoms with van der Waals surface area (Å²) in [6.45, 7) is 7.36. The standard InChI is InChI=1S/C8H17NOS/c1-4-5-6-9-7-8(2)11(3)10/h4,8-9H,1,5-7H2,2-3H3. The zero-order valence-corrected chi connectivity index (χ0v) is 8.12. The van der Waals surface area contributed by atoms with Crippen LogP contribution in [-0.4, -0.2) is 28.8 Å². The van der Waals surface area contributed by atoms with Crippen LogP contribution in [0.25, 0.3) is 0 Å². The Labute approximate surface area is 71.5 Å². The quantitative estimate of drug-likeness (QED) is 0.480. The fourth-order valence-electron chi connectivity index (χ4n) is 0.627. The topological polar surface area (TPSA) is 29.1 Å². The Kier molecular flexibility index (Phi) is 6.46. The lowest BCUT2D eigenvalue weighted by Crippen LogP contribution is -2.28. The van der Waals surface area contributed by atoms with Crippen molar-refractivity contribution in [3.05, 3.63) is 12.7 Å². The van der Waals surface area contributed by atoms with Crippen LogP contribution in [-0.2, 0) is 10.8 Å². The van der Waals surface area contributed by atoms with Crippen LogP contribution in [0.5, 0.6) is 0 Å². The van der Waals surface area contributed by atoms with Gasteiger partial charge >= 0.3 is 0 Å². The van der Waals surface area contributed by atoms with Gasteiger partial charge in [0.25, 0.3) is 0 Å². The normalized spacial score (nSPS) is 15.8. The van der Waals surface area contributed by atoms with E-state index in [1.165, 1.54) is 0 Å². The van der Waals surface area contributed by atoms with Crippen molar-refractivity contribution in [2.24, 2.45) is 0 Å². The highest BCUT2D eigenvalue weighted by Crippen LogP contribution is 1.89. The van der Waals surface area contributed by atoms with Crippen LogP contribution in [0, 0.1) is 0 Å². The lowest BCUT2D eigenvalue weighted by atomic mass is 10.4. The molecule has 11 heavy (non-hydrogen) atoms. The zero-order chi connectivity index (χ0) is 8.69. The largest absolute Gasteiger partial charge is 0.315 e. The summed E-state index contributed by atoms with van der Waals surface area (Å²) < 4.78 is 10.9. The molecule has 0 aliphatic carbocycles. The molecule has 0 heterocycles. The van der Waals surface area contributed by atoms with Gasteiger partial charge in [-0.15, -0.1) is 6.58 Å². The molecule has 0 aromatic rings. The van der Waals surface area contributed by atoms with E-state index in [1.54, 1.807) is 6.26 Å². The summed E-state index contributed by atoms with van der Waals surface area (Å²) in [5.74, 6) is 0. The van der Waals surface area contributed by atoms with Gasteiger partial charge in [0.15, 0.2) is 0 Å². The molecule has 0 aromatic heterocycles. The summed E-state index contributed by atoms with van der Waals surface area (Å²) in [7, 11) is -0.704. The van der Waals surface area contributed by atoms with Gasteiger partial charge in [-0.2, -0.15) is 0 Å². The summed E-state index contributed by atoms with van der Waals surface area (Å²) in [6.07, 6.45) is 4.59. The van der Waals surface area contributed by atoms with Crippen molar-refractivity contribution >= 4 is 10.8 Å². The number of hydrogen-bond acceptors (Lipinski definition) is 2. The molecule has 2 unspecified atom stereocenters. The van der Waals surface area contributed by atoms with Gasteiger partial charge in [-0.3, -0.25) is 4.21 Å². The van der Waals surface area contributed by atoms with Gasteiger partial charge in [-0.1, -0.05) is 6.08 Å². The molecule has 0 saturated carbocycles. The van der Waals surface area contributed by atoms with Gasteiger partial charge in [0.2, 0.25) is 0 Å². The summed E-state index contributed by atoms with van der Waals surface area (Å²) in [4.78, 5) is 0. The minimum absolute atomic E-state index is 0.250. The predicted octanol–water partition coefficient (Wildman–Crippen LogP) is 0.919. The second-order valence-electron chi connectivity index (χ2n) is 2.59. The Balaban J connectivity index is 3.24. The molecule has 1 N–H and O–H groups in total. The Bertz CT molecular complexity index is 136. The van der Waals surface area contributed by atoms with Crippen molar-refractivity contribution in [3.8, 4) is 0 Å². The second kappa shape index (κ2) is 6.55. The van der Waals surface area contributed by atoms with Gasteiger partial charge in [0, 0.05) is 28.9 Å². The van der Waals surface area contributed by atoms with Crippen LogP contribution < -0.4 is 5.32 Å². The third kappa shape index (κ3) is 6.26. The molecule has 0 rings (SSSR count). The van der Waals surface area contributed by atoms with Crippen LogP contribution >= 0.6 is 0 Å². The maximum Gasteiger partial charge on any atom is 0.0441 e. The number of nitrogens with one attached hydrogen (secondary N) is 1. The van der Waals surface area contributed by atoms with Crippen molar-refractivity contribution in [1.29, 1.82) is 0 Å². The first-order valence-corrected chi connectivity index (χ1v) is 5.44. The number of rotatable bonds is 6. The molecule has 0 aromatic carbocycles. The van der Waals surface area contributed by atoms with Crippen LogP contribution in [0.3, 0.4) is 0 Å². The zero-order valence-electron chi connectivity index (χ0n) is 7.30. The molecule has 2 atom stereocenters. The monoisotopic (exact) mass is 175 g/mol. The lowest BCUT2D eigenvalue weighted by Gasteiger charge is -2.08. The average Bonchev–Trinajstić information content (AvgIpc) is 1.97. The van der Waals surface area contributed by atoms with Crippen LogP contribution in [0.1, 0.15) is 13.3 Å². The minimum Gasteiger partial charge on any atom is -0.315 e. The van der Waals surface area contributed by atoms with E-state index < -0.39 is 10.8 Å². The molecule has 0 radical (unpaired) electrons. The van der Waals surface area contributed by atoms with Crippen molar-refractivity contribution in [3.63, 3.8) is 0 Å². The number of hydrogen-bond donors (Lipinski definition) is 1. The van der Waals surface area contributed by atoms with E-state index >= 15 is 0 Å². The third-order valence-electron chi connectivity index (χ3n) is 1.52. The van der Waals surface area contributed by atoms with Gasteiger partial charge < -0.3 is 5.32 Å². The van der Waals surface area contributed by atoms with Gasteiger partial charge in [0.05, 0.1) is 0 Å². The Morgan fingerprint density at radius 1 is 1.73 bits per heavy atom. The molecule has 3 heteroatoms. The highest BCUT2D eigenvalue weighted by atomic mass is 32.2. The van der Waals surface area contributed by atoms with E-state index in [0.29, 0.717) is 0 Å². The predicted molar refractivity (Wildman–Crippen MR) is 51.2 cm³/mol. The summed E-state index contributed by atoms with van der Waals surface area (Å²) in [5, 5.41) is 3.45. The second-order valence-corrected chi connectivity index (χ2v) is 4.39. The minimum atomic E-state index is -0.704. The van der Waals surface area contributed by atoms with E-state index in [1.807, 2.05) is 13.0 Å². The van der Waals surface area contributed by atoms with Crippen molar-refractivity contribution < 1.29 is 4.21 Å². The Morgan fingerprint density at radius 2 is 2.36 bits per heavy atom. The first kappa shape index (κ1) is 10.8. The maximum atomic E-state index is 10.9. The molecule has 66 valence electrons. The summed E-state index contributed by atoms with van der Waals surface area (Å²) in [5.41, 5.74) is 0. The van der Waals surface area contributed by atoms with E-state index in [2.05, 4.69) is 11.9 Å². The molecule has 0 saturated heterocycles. The summed E-state index contributed by atoms with van der Waals surface area (Å²) in [6, 6.07) is 0. The van der Waals surface area contributed by atoms with Crippen molar-refractivity contribution in [2.45, 2.75) is 18.6 Å². The molecular weight excluding hydrogens is 158 g/mol. The van der Waals surface area contributed by atoms with Gasteiger partial charge in [-0.05, 0) is 19.9 Å². The van der Waals surface area contributed by atoms with E-state index in [-0.39, 0.29) is 5.25 Å². The molecule has 0 aliphatic heterocycles. The van der Waals surface area contributed by atoms with Crippen LogP contribution in [0.15, 0.2) is 12.7 Å². The third-order valence-corrected chi connectivity index (χ3v) is 2.82. The molecule has 0 fully saturated rings. The molecule has 2 nitrogen and oxygen atoms in total. The Hall–Kier alpha value is -0.150. The summed E-state index contributed by atoms with van der Waals surface area (Å²) >= 11 is 0. The van der Waals surface area contributed by atoms with Crippen LogP contribution in [0.2, 0.25) is 0 Å². The van der Waals surface area contributed by atoms with Crippen molar-refractivity contribution in [2.75, 3.05) is 19.3 Å². The highest BCUT2D eigenvalue weighted by Gasteiger charge is 2.03. The Morgan fingerprint density at radius 3 is 2.82 bits per heavy atom. The van der Waals surface area contributed by atoms with Gasteiger partial charge in [-0.25, -0.2) is 0 Å². The average molecular weight is 175 g/mol. The van der Waals surface area contributed by atoms with Crippen molar-refractivity contribution in [1.82, 2.24) is 5.32 Å². The molecule has 0 amide bonds. The fraction of sp³-hybridized carbons (Fsp3) is 0.750. The molecule has 0 spiro atoms. The first-order valence-electron chi connectivity index (χ1n) is 3.82. The van der Waals surface area contributed by atoms with E-state index in [9.17, 15) is 4.21 Å². The molecular formula is C8H17NOS. The van der Waals surface area contributed by atoms with Crippen LogP contribution in [0.4, 0.5) is 0 Å². The maximum absolute atomic E-state index is 10.9.